The van der Waals surface area contributed by atoms with Gasteiger partial charge in [-0.3, -0.25) is 20.2 Å². The molecule has 1 aromatic carbocycles. The van der Waals surface area contributed by atoms with Crippen molar-refractivity contribution in [2.75, 3.05) is 0 Å². The molecule has 0 radical (unpaired) electrons. The van der Waals surface area contributed by atoms with Crippen LogP contribution in [0.15, 0.2) is 67.3 Å². The number of hydrogen-bond acceptors (Lipinski definition) is 4. The van der Waals surface area contributed by atoms with Gasteiger partial charge in [0.25, 0.3) is 11.4 Å². The van der Waals surface area contributed by atoms with E-state index in [-0.39, 0.29) is 17.1 Å². The molecular formula is C15H11N4O4+. The molecule has 23 heavy (non-hydrogen) atoms. The van der Waals surface area contributed by atoms with Crippen molar-refractivity contribution in [1.29, 1.82) is 0 Å². The summed E-state index contributed by atoms with van der Waals surface area (Å²) in [6.07, 6.45) is 7.11. The molecular weight excluding hydrogens is 300 g/mol. The van der Waals surface area contributed by atoms with Gasteiger partial charge in [0.2, 0.25) is 0 Å². The molecule has 0 bridgehead atoms. The molecule has 0 saturated carbocycles. The van der Waals surface area contributed by atoms with Crippen LogP contribution >= 0.6 is 0 Å². The third-order valence-corrected chi connectivity index (χ3v) is 3.36. The second-order valence-electron chi connectivity index (χ2n) is 4.74. The molecule has 0 aliphatic heterocycles. The van der Waals surface area contributed by atoms with Crippen molar-refractivity contribution in [3.8, 4) is 11.4 Å². The summed E-state index contributed by atoms with van der Waals surface area (Å²) in [5, 5.41) is 22.0. The molecule has 0 amide bonds. The van der Waals surface area contributed by atoms with E-state index >= 15 is 0 Å². The normalized spacial score (nSPS) is 10.4. The third kappa shape index (κ3) is 2.77. The number of pyridine rings is 1. The minimum absolute atomic E-state index is 0.264. The van der Waals surface area contributed by atoms with E-state index in [4.69, 9.17) is 0 Å². The number of nitro benzene ring substituents is 2. The summed E-state index contributed by atoms with van der Waals surface area (Å²) in [6.45, 7) is 0. The van der Waals surface area contributed by atoms with Gasteiger partial charge in [0.05, 0.1) is 15.5 Å². The fourth-order valence-corrected chi connectivity index (χ4v) is 2.25. The van der Waals surface area contributed by atoms with E-state index in [0.717, 1.165) is 11.8 Å². The van der Waals surface area contributed by atoms with Crippen LogP contribution in [0.5, 0.6) is 0 Å². The monoisotopic (exact) mass is 311 g/mol. The van der Waals surface area contributed by atoms with Crippen molar-refractivity contribution in [2.24, 2.45) is 0 Å². The van der Waals surface area contributed by atoms with Crippen molar-refractivity contribution in [3.05, 3.63) is 87.5 Å². The molecule has 0 aliphatic rings. The number of non-ortho nitro benzene ring substituents is 1. The summed E-state index contributed by atoms with van der Waals surface area (Å²) < 4.78 is 3.45. The Labute approximate surface area is 130 Å². The summed E-state index contributed by atoms with van der Waals surface area (Å²) in [4.78, 5) is 20.7. The maximum atomic E-state index is 11.2. The SMILES string of the molecule is O=[N+]([O-])c1ccc(-[n+]2ccc(-n3cccc3)cc2)c([N+](=O)[O-])c1. The first kappa shape index (κ1) is 14.4. The van der Waals surface area contributed by atoms with Crippen LogP contribution in [0.4, 0.5) is 11.4 Å². The first-order chi connectivity index (χ1) is 11.1. The number of nitro groups is 2. The zero-order valence-corrected chi connectivity index (χ0v) is 11.8. The average molecular weight is 311 g/mol. The van der Waals surface area contributed by atoms with Crippen LogP contribution in [0.25, 0.3) is 11.4 Å². The van der Waals surface area contributed by atoms with Gasteiger partial charge in [0.1, 0.15) is 6.07 Å². The summed E-state index contributed by atoms with van der Waals surface area (Å²) in [6, 6.07) is 10.9. The van der Waals surface area contributed by atoms with Gasteiger partial charge in [-0.05, 0) is 12.1 Å². The van der Waals surface area contributed by atoms with E-state index in [9.17, 15) is 20.2 Å². The predicted octanol–water partition coefficient (Wildman–Crippen LogP) is 2.57. The molecule has 0 spiro atoms. The Morgan fingerprint density at radius 2 is 1.57 bits per heavy atom. The highest BCUT2D eigenvalue weighted by Crippen LogP contribution is 2.24. The zero-order valence-electron chi connectivity index (χ0n) is 11.8. The minimum atomic E-state index is -0.656. The van der Waals surface area contributed by atoms with E-state index in [1.165, 1.54) is 12.1 Å². The Balaban J connectivity index is 2.04. The third-order valence-electron chi connectivity index (χ3n) is 3.36. The van der Waals surface area contributed by atoms with Gasteiger partial charge in [0, 0.05) is 36.7 Å². The number of benzene rings is 1. The van der Waals surface area contributed by atoms with Crippen molar-refractivity contribution in [1.82, 2.24) is 4.57 Å². The Morgan fingerprint density at radius 3 is 2.13 bits per heavy atom. The Bertz CT molecular complexity index is 873. The first-order valence-electron chi connectivity index (χ1n) is 6.64. The molecule has 0 aliphatic carbocycles. The predicted molar refractivity (Wildman–Crippen MR) is 80.6 cm³/mol. The van der Waals surface area contributed by atoms with Gasteiger partial charge in [-0.2, -0.15) is 4.57 Å². The lowest BCUT2D eigenvalue weighted by atomic mass is 10.2. The Hall–Kier alpha value is -3.55. The Morgan fingerprint density at radius 1 is 0.913 bits per heavy atom. The van der Waals surface area contributed by atoms with Gasteiger partial charge in [0.15, 0.2) is 12.4 Å². The van der Waals surface area contributed by atoms with E-state index in [0.29, 0.717) is 0 Å². The highest BCUT2D eigenvalue weighted by atomic mass is 16.6. The lowest BCUT2D eigenvalue weighted by molar-refractivity contribution is -0.600. The van der Waals surface area contributed by atoms with Crippen molar-refractivity contribution < 1.29 is 14.4 Å². The van der Waals surface area contributed by atoms with Crippen LogP contribution in [-0.2, 0) is 0 Å². The molecule has 3 rings (SSSR count). The first-order valence-corrected chi connectivity index (χ1v) is 6.64. The van der Waals surface area contributed by atoms with Crippen LogP contribution in [0.2, 0.25) is 0 Å². The molecule has 2 heterocycles. The summed E-state index contributed by atoms with van der Waals surface area (Å²) in [5.74, 6) is 0. The summed E-state index contributed by atoms with van der Waals surface area (Å²) in [7, 11) is 0. The second-order valence-corrected chi connectivity index (χ2v) is 4.74. The lowest BCUT2D eigenvalue weighted by Gasteiger charge is -2.02. The Kier molecular flexibility index (Phi) is 3.55. The summed E-state index contributed by atoms with van der Waals surface area (Å²) in [5.41, 5.74) is 0.526. The fourth-order valence-electron chi connectivity index (χ4n) is 2.25. The molecule has 8 nitrogen and oxygen atoms in total. The van der Waals surface area contributed by atoms with E-state index in [2.05, 4.69) is 0 Å². The van der Waals surface area contributed by atoms with E-state index < -0.39 is 9.85 Å². The average Bonchev–Trinajstić information content (AvgIpc) is 3.09. The quantitative estimate of drug-likeness (QED) is 0.420. The number of aromatic nitrogens is 2. The molecule has 0 unspecified atom stereocenters. The largest absolute Gasteiger partial charge is 0.347 e. The lowest BCUT2D eigenvalue weighted by Crippen LogP contribution is -2.30. The molecule has 0 saturated heterocycles. The van der Waals surface area contributed by atoms with Crippen LogP contribution in [0, 0.1) is 20.2 Å². The maximum absolute atomic E-state index is 11.2. The van der Waals surface area contributed by atoms with Gasteiger partial charge in [-0.15, -0.1) is 0 Å². The molecule has 0 N–H and O–H groups in total. The van der Waals surface area contributed by atoms with Crippen LogP contribution in [-0.4, -0.2) is 14.4 Å². The van der Waals surface area contributed by atoms with Crippen molar-refractivity contribution >= 4 is 11.4 Å². The molecule has 0 fully saturated rings. The second kappa shape index (κ2) is 5.68. The topological polar surface area (TPSA) is 95.1 Å². The minimum Gasteiger partial charge on any atom is -0.323 e. The number of rotatable bonds is 4. The molecule has 114 valence electrons. The molecule has 0 atom stereocenters. The highest BCUT2D eigenvalue weighted by molar-refractivity contribution is 5.53. The van der Waals surface area contributed by atoms with Crippen molar-refractivity contribution in [3.63, 3.8) is 0 Å². The number of hydrogen-bond donors (Lipinski definition) is 0. The zero-order chi connectivity index (χ0) is 16.4. The number of nitrogens with zero attached hydrogens (tertiary/aromatic N) is 4. The van der Waals surface area contributed by atoms with Gasteiger partial charge in [-0.1, -0.05) is 0 Å². The van der Waals surface area contributed by atoms with Crippen molar-refractivity contribution in [2.45, 2.75) is 0 Å². The smallest absolute Gasteiger partial charge is 0.323 e. The van der Waals surface area contributed by atoms with Crippen LogP contribution in [0.3, 0.4) is 0 Å². The molecule has 2 aromatic heterocycles. The van der Waals surface area contributed by atoms with Crippen LogP contribution in [0.1, 0.15) is 0 Å². The van der Waals surface area contributed by atoms with Crippen LogP contribution < -0.4 is 4.57 Å². The summed E-state index contributed by atoms with van der Waals surface area (Å²) >= 11 is 0. The van der Waals surface area contributed by atoms with Gasteiger partial charge >= 0.3 is 5.69 Å². The van der Waals surface area contributed by atoms with E-state index in [1.54, 1.807) is 29.1 Å². The van der Waals surface area contributed by atoms with Gasteiger partial charge < -0.3 is 4.57 Å². The fraction of sp³-hybridized carbons (Fsp3) is 0. The van der Waals surface area contributed by atoms with Gasteiger partial charge in [-0.25, -0.2) is 0 Å². The standard InChI is InChI=1S/C15H11N4O4/c20-18(21)13-3-4-14(15(11-13)19(22)23)17-9-5-12(6-10-17)16-7-1-2-8-16/h1-11H/q+1. The van der Waals surface area contributed by atoms with E-state index in [1.807, 2.05) is 29.1 Å². The maximum Gasteiger partial charge on any atom is 0.347 e. The molecule has 3 aromatic rings. The highest BCUT2D eigenvalue weighted by Gasteiger charge is 2.25. The molecule has 8 heteroatoms.